The van der Waals surface area contributed by atoms with Crippen molar-refractivity contribution in [2.24, 2.45) is 0 Å². The zero-order chi connectivity index (χ0) is 12.6. The summed E-state index contributed by atoms with van der Waals surface area (Å²) in [7, 11) is 4.47. The third-order valence-corrected chi connectivity index (χ3v) is 2.05. The topological polar surface area (TPSA) is 46.2 Å². The molecule has 0 heterocycles. The lowest BCUT2D eigenvalue weighted by Crippen LogP contribution is -2.44. The highest BCUT2D eigenvalue weighted by Crippen LogP contribution is 2.20. The summed E-state index contributed by atoms with van der Waals surface area (Å²) in [6.45, 7) is 0.720. The third-order valence-electron chi connectivity index (χ3n) is 2.05. The smallest absolute Gasteiger partial charge is 0.416 e. The van der Waals surface area contributed by atoms with Crippen LogP contribution in [-0.2, 0) is 18.9 Å². The van der Waals surface area contributed by atoms with Gasteiger partial charge in [0, 0.05) is 21.3 Å². The van der Waals surface area contributed by atoms with Crippen LogP contribution in [0.4, 0.5) is 0 Å². The van der Waals surface area contributed by atoms with Gasteiger partial charge in [-0.1, -0.05) is 18.2 Å². The van der Waals surface area contributed by atoms with Gasteiger partial charge in [0.05, 0.1) is 13.2 Å². The molecule has 0 aliphatic heterocycles. The summed E-state index contributed by atoms with van der Waals surface area (Å²) >= 11 is 0. The molecule has 0 aromatic heterocycles. The second-order valence-electron chi connectivity index (χ2n) is 3.16. The van der Waals surface area contributed by atoms with Crippen molar-refractivity contribution < 1.29 is 23.7 Å². The van der Waals surface area contributed by atoms with Crippen LogP contribution in [0.25, 0.3) is 0 Å². The lowest BCUT2D eigenvalue weighted by molar-refractivity contribution is -0.456. The molecule has 5 nitrogen and oxygen atoms in total. The summed E-state index contributed by atoms with van der Waals surface area (Å²) in [6, 6.07) is 9.15. The molecule has 0 aliphatic carbocycles. The number of ether oxygens (including phenoxy) is 5. The van der Waals surface area contributed by atoms with E-state index in [4.69, 9.17) is 23.7 Å². The van der Waals surface area contributed by atoms with Crippen molar-refractivity contribution in [3.8, 4) is 5.75 Å². The molecule has 0 unspecified atom stereocenters. The summed E-state index contributed by atoms with van der Waals surface area (Å²) in [5.41, 5.74) is 0. The van der Waals surface area contributed by atoms with Crippen LogP contribution in [-0.4, -0.2) is 40.7 Å². The number of benzene rings is 1. The zero-order valence-corrected chi connectivity index (χ0v) is 10.3. The first kappa shape index (κ1) is 13.9. The summed E-state index contributed by atoms with van der Waals surface area (Å²) in [6.07, 6.45) is -1.54. The maximum Gasteiger partial charge on any atom is 0.460 e. The molecule has 1 rings (SSSR count). The highest BCUT2D eigenvalue weighted by Gasteiger charge is 2.34. The van der Waals surface area contributed by atoms with Gasteiger partial charge in [-0.25, -0.2) is 0 Å². The minimum atomic E-state index is -1.54. The fourth-order valence-corrected chi connectivity index (χ4v) is 1.20. The van der Waals surface area contributed by atoms with Crippen molar-refractivity contribution in [3.63, 3.8) is 0 Å². The number of methoxy groups -OCH3 is 3. The van der Waals surface area contributed by atoms with Crippen molar-refractivity contribution in [2.45, 2.75) is 6.16 Å². The van der Waals surface area contributed by atoms with Gasteiger partial charge in [0.15, 0.2) is 0 Å². The quantitative estimate of drug-likeness (QED) is 0.512. The number of rotatable bonds is 8. The summed E-state index contributed by atoms with van der Waals surface area (Å²) in [5, 5.41) is 0. The van der Waals surface area contributed by atoms with Crippen molar-refractivity contribution in [2.75, 3.05) is 34.5 Å². The molecule has 5 heteroatoms. The van der Waals surface area contributed by atoms with Gasteiger partial charge < -0.3 is 9.47 Å². The van der Waals surface area contributed by atoms with Crippen LogP contribution in [0.1, 0.15) is 0 Å². The predicted molar refractivity (Wildman–Crippen MR) is 61.6 cm³/mol. The molecule has 0 N–H and O–H groups in total. The maximum atomic E-state index is 5.52. The number of para-hydroxylation sites is 1. The Balaban J connectivity index is 2.63. The minimum Gasteiger partial charge on any atom is -0.416 e. The van der Waals surface area contributed by atoms with Gasteiger partial charge in [0.25, 0.3) is 0 Å². The Morgan fingerprint density at radius 1 is 0.941 bits per heavy atom. The summed E-state index contributed by atoms with van der Waals surface area (Å²) in [5.74, 6) is 0.591. The Labute approximate surface area is 101 Å². The molecule has 0 saturated carbocycles. The van der Waals surface area contributed by atoms with E-state index >= 15 is 0 Å². The monoisotopic (exact) mass is 242 g/mol. The minimum absolute atomic E-state index is 0.297. The fraction of sp³-hybridized carbons (Fsp3) is 0.500. The van der Waals surface area contributed by atoms with Gasteiger partial charge in [-0.2, -0.15) is 0 Å². The fourth-order valence-electron chi connectivity index (χ4n) is 1.20. The lowest BCUT2D eigenvalue weighted by Gasteiger charge is -2.29. The average molecular weight is 242 g/mol. The highest BCUT2D eigenvalue weighted by molar-refractivity contribution is 5.21. The van der Waals surface area contributed by atoms with Gasteiger partial charge in [-0.3, -0.25) is 14.2 Å². The lowest BCUT2D eigenvalue weighted by atomic mass is 10.3. The first-order chi connectivity index (χ1) is 8.26. The second kappa shape index (κ2) is 7.24. The van der Waals surface area contributed by atoms with Gasteiger partial charge in [-0.15, -0.1) is 0 Å². The van der Waals surface area contributed by atoms with E-state index in [1.165, 1.54) is 14.2 Å². The Morgan fingerprint density at radius 2 is 1.59 bits per heavy atom. The molecule has 0 amide bonds. The first-order valence-electron chi connectivity index (χ1n) is 5.23. The molecule has 0 atom stereocenters. The maximum absolute atomic E-state index is 5.52. The molecule has 1 aromatic rings. The van der Waals surface area contributed by atoms with Crippen LogP contribution < -0.4 is 4.74 Å². The molecule has 0 saturated heterocycles. The van der Waals surface area contributed by atoms with E-state index in [-0.39, 0.29) is 0 Å². The number of hydrogen-bond acceptors (Lipinski definition) is 5. The zero-order valence-electron chi connectivity index (χ0n) is 10.3. The van der Waals surface area contributed by atoms with E-state index in [1.807, 2.05) is 18.2 Å². The van der Waals surface area contributed by atoms with Gasteiger partial charge >= 0.3 is 6.16 Å². The average Bonchev–Trinajstić information content (AvgIpc) is 2.39. The SMILES string of the molecule is COCCOC(OC)(OC)Oc1ccccc1. The largest absolute Gasteiger partial charge is 0.460 e. The van der Waals surface area contributed by atoms with Crippen molar-refractivity contribution >= 4 is 0 Å². The highest BCUT2D eigenvalue weighted by atomic mass is 17.0. The van der Waals surface area contributed by atoms with E-state index in [1.54, 1.807) is 19.2 Å². The normalized spacial score (nSPS) is 11.5. The Hall–Kier alpha value is -1.14. The molecule has 0 aliphatic rings. The molecule has 0 fully saturated rings. The van der Waals surface area contributed by atoms with E-state index in [2.05, 4.69) is 0 Å². The van der Waals surface area contributed by atoms with Crippen molar-refractivity contribution in [3.05, 3.63) is 30.3 Å². The van der Waals surface area contributed by atoms with Gasteiger partial charge in [-0.05, 0) is 12.1 Å². The van der Waals surface area contributed by atoms with E-state index in [0.29, 0.717) is 19.0 Å². The molecule has 0 spiro atoms. The van der Waals surface area contributed by atoms with Crippen LogP contribution in [0.15, 0.2) is 30.3 Å². The van der Waals surface area contributed by atoms with Crippen LogP contribution >= 0.6 is 0 Å². The molecule has 96 valence electrons. The molecule has 0 radical (unpaired) electrons. The molecular weight excluding hydrogens is 224 g/mol. The van der Waals surface area contributed by atoms with Gasteiger partial charge in [0.1, 0.15) is 5.75 Å². The Bertz CT molecular complexity index is 297. The van der Waals surface area contributed by atoms with Crippen LogP contribution in [0.2, 0.25) is 0 Å². The van der Waals surface area contributed by atoms with Gasteiger partial charge in [0.2, 0.25) is 0 Å². The van der Waals surface area contributed by atoms with Crippen LogP contribution in [0, 0.1) is 0 Å². The Morgan fingerprint density at radius 3 is 2.12 bits per heavy atom. The summed E-state index contributed by atoms with van der Waals surface area (Å²) < 4.78 is 26.0. The second-order valence-corrected chi connectivity index (χ2v) is 3.16. The molecular formula is C12H18O5. The summed E-state index contributed by atoms with van der Waals surface area (Å²) in [4.78, 5) is 0. The van der Waals surface area contributed by atoms with E-state index in [9.17, 15) is 0 Å². The molecule has 17 heavy (non-hydrogen) atoms. The van der Waals surface area contributed by atoms with Crippen LogP contribution in [0.3, 0.4) is 0 Å². The third kappa shape index (κ3) is 4.32. The molecule has 0 bridgehead atoms. The van der Waals surface area contributed by atoms with E-state index in [0.717, 1.165) is 0 Å². The standard InChI is InChI=1S/C12H18O5/c1-13-9-10-16-12(14-2,15-3)17-11-7-5-4-6-8-11/h4-8H,9-10H2,1-3H3. The number of hydrogen-bond donors (Lipinski definition) is 0. The Kier molecular flexibility index (Phi) is 5.93. The first-order valence-corrected chi connectivity index (χ1v) is 5.23. The predicted octanol–water partition coefficient (Wildman–Crippen LogP) is 1.63. The van der Waals surface area contributed by atoms with Crippen LogP contribution in [0.5, 0.6) is 5.75 Å². The molecule has 1 aromatic carbocycles. The van der Waals surface area contributed by atoms with Crippen molar-refractivity contribution in [1.29, 1.82) is 0 Å². The van der Waals surface area contributed by atoms with Crippen molar-refractivity contribution in [1.82, 2.24) is 0 Å². The van der Waals surface area contributed by atoms with E-state index < -0.39 is 6.16 Å².